The Bertz CT molecular complexity index is 324. The fourth-order valence-corrected chi connectivity index (χ4v) is 4.75. The number of hydrogen-bond donors (Lipinski definition) is 1. The van der Waals surface area contributed by atoms with Gasteiger partial charge in [-0.15, -0.1) is 0 Å². The first-order valence-electron chi connectivity index (χ1n) is 8.00. The van der Waals surface area contributed by atoms with Crippen molar-refractivity contribution in [3.63, 3.8) is 0 Å². The number of esters is 1. The van der Waals surface area contributed by atoms with Crippen molar-refractivity contribution in [3.8, 4) is 0 Å². The van der Waals surface area contributed by atoms with Crippen LogP contribution >= 0.6 is 11.8 Å². The van der Waals surface area contributed by atoms with Crippen LogP contribution in [0.2, 0.25) is 0 Å². The van der Waals surface area contributed by atoms with E-state index >= 15 is 0 Å². The lowest BCUT2D eigenvalue weighted by molar-refractivity contribution is -0.149. The van der Waals surface area contributed by atoms with Crippen LogP contribution in [-0.4, -0.2) is 36.2 Å². The van der Waals surface area contributed by atoms with E-state index in [4.69, 9.17) is 4.74 Å². The molecule has 2 aliphatic rings. The van der Waals surface area contributed by atoms with E-state index in [0.717, 1.165) is 25.7 Å². The molecule has 1 atom stereocenters. The lowest BCUT2D eigenvalue weighted by atomic mass is 9.84. The molecule has 2 rings (SSSR count). The van der Waals surface area contributed by atoms with Gasteiger partial charge in [0.05, 0.1) is 12.5 Å². The van der Waals surface area contributed by atoms with Crippen LogP contribution < -0.4 is 5.32 Å². The molecule has 20 heavy (non-hydrogen) atoms. The lowest BCUT2D eigenvalue weighted by Crippen LogP contribution is -2.46. The molecule has 116 valence electrons. The number of thioether (sulfide) groups is 1. The highest BCUT2D eigenvalue weighted by Gasteiger charge is 2.32. The molecule has 0 aromatic heterocycles. The van der Waals surface area contributed by atoms with Crippen LogP contribution in [0, 0.1) is 11.3 Å². The molecule has 1 aliphatic carbocycles. The van der Waals surface area contributed by atoms with Gasteiger partial charge in [-0.2, -0.15) is 11.8 Å². The number of carbonyl (C=O) groups excluding carboxylic acids is 1. The lowest BCUT2D eigenvalue weighted by Gasteiger charge is -2.38. The van der Waals surface area contributed by atoms with Crippen molar-refractivity contribution in [3.05, 3.63) is 0 Å². The Morgan fingerprint density at radius 2 is 1.95 bits per heavy atom. The Balaban J connectivity index is 1.73. The summed E-state index contributed by atoms with van der Waals surface area (Å²) in [5, 5.41) is 3.83. The predicted octanol–water partition coefficient (Wildman–Crippen LogP) is 3.23. The van der Waals surface area contributed by atoms with E-state index in [-0.39, 0.29) is 11.9 Å². The summed E-state index contributed by atoms with van der Waals surface area (Å²) in [5.74, 6) is 2.67. The molecular formula is C16H29NO2S. The third-order valence-electron chi connectivity index (χ3n) is 4.43. The third kappa shape index (κ3) is 4.66. The average molecular weight is 299 g/mol. The second-order valence-electron chi connectivity index (χ2n) is 7.05. The van der Waals surface area contributed by atoms with Crippen LogP contribution in [0.15, 0.2) is 0 Å². The van der Waals surface area contributed by atoms with Crippen molar-refractivity contribution in [1.82, 2.24) is 5.32 Å². The van der Waals surface area contributed by atoms with E-state index in [9.17, 15) is 4.79 Å². The van der Waals surface area contributed by atoms with Gasteiger partial charge >= 0.3 is 5.97 Å². The molecule has 0 spiro atoms. The normalized spacial score (nSPS) is 33.6. The summed E-state index contributed by atoms with van der Waals surface area (Å²) in [6.07, 6.45) is 5.48. The van der Waals surface area contributed by atoms with Crippen LogP contribution in [-0.2, 0) is 9.53 Å². The molecule has 4 heteroatoms. The molecule has 1 saturated carbocycles. The summed E-state index contributed by atoms with van der Waals surface area (Å²) in [7, 11) is 0. The maximum atomic E-state index is 11.7. The molecule has 1 saturated heterocycles. The van der Waals surface area contributed by atoms with Gasteiger partial charge in [-0.05, 0) is 50.2 Å². The van der Waals surface area contributed by atoms with Crippen molar-refractivity contribution >= 4 is 17.7 Å². The summed E-state index contributed by atoms with van der Waals surface area (Å²) in [6.45, 7) is 7.12. The smallest absolute Gasteiger partial charge is 0.308 e. The van der Waals surface area contributed by atoms with E-state index in [1.54, 1.807) is 0 Å². The van der Waals surface area contributed by atoms with Crippen molar-refractivity contribution in [1.29, 1.82) is 0 Å². The molecular weight excluding hydrogens is 270 g/mol. The summed E-state index contributed by atoms with van der Waals surface area (Å²) in [6, 6.07) is 1.24. The fraction of sp³-hybridized carbons (Fsp3) is 0.938. The fourth-order valence-electron chi connectivity index (χ4n) is 3.46. The topological polar surface area (TPSA) is 38.3 Å². The SMILES string of the molecule is CCOC(=O)C1CCC(NC2CSCC(C)(C)C2)CC1. The monoisotopic (exact) mass is 299 g/mol. The molecule has 1 unspecified atom stereocenters. The number of carbonyl (C=O) groups is 1. The summed E-state index contributed by atoms with van der Waals surface area (Å²) in [4.78, 5) is 11.7. The number of ether oxygens (including phenoxy) is 1. The van der Waals surface area contributed by atoms with Gasteiger partial charge in [0.1, 0.15) is 0 Å². The van der Waals surface area contributed by atoms with Gasteiger partial charge in [-0.25, -0.2) is 0 Å². The van der Waals surface area contributed by atoms with E-state index in [1.807, 2.05) is 6.92 Å². The van der Waals surface area contributed by atoms with Crippen molar-refractivity contribution in [2.75, 3.05) is 18.1 Å². The van der Waals surface area contributed by atoms with E-state index in [1.165, 1.54) is 17.9 Å². The van der Waals surface area contributed by atoms with Crippen molar-refractivity contribution < 1.29 is 9.53 Å². The van der Waals surface area contributed by atoms with E-state index < -0.39 is 0 Å². The zero-order chi connectivity index (χ0) is 14.6. The predicted molar refractivity (Wildman–Crippen MR) is 85.0 cm³/mol. The number of hydrogen-bond acceptors (Lipinski definition) is 4. The standard InChI is InChI=1S/C16H29NO2S/c1-4-19-15(18)12-5-7-13(8-6-12)17-14-9-16(2,3)11-20-10-14/h12-14,17H,4-11H2,1-3H3. The first-order valence-corrected chi connectivity index (χ1v) is 9.16. The Hall–Kier alpha value is -0.220. The minimum Gasteiger partial charge on any atom is -0.466 e. The highest BCUT2D eigenvalue weighted by molar-refractivity contribution is 7.99. The third-order valence-corrected chi connectivity index (χ3v) is 6.05. The highest BCUT2D eigenvalue weighted by atomic mass is 32.2. The first-order chi connectivity index (χ1) is 9.50. The first kappa shape index (κ1) is 16.2. The van der Waals surface area contributed by atoms with Gasteiger partial charge in [0.15, 0.2) is 0 Å². The van der Waals surface area contributed by atoms with E-state index in [2.05, 4.69) is 30.9 Å². The number of nitrogens with one attached hydrogen (secondary N) is 1. The Morgan fingerprint density at radius 1 is 1.25 bits per heavy atom. The Kier molecular flexibility index (Phi) is 5.79. The molecule has 1 heterocycles. The van der Waals surface area contributed by atoms with Crippen molar-refractivity contribution in [2.45, 2.75) is 65.0 Å². The minimum absolute atomic E-state index is 0.0142. The molecule has 1 aliphatic heterocycles. The molecule has 2 fully saturated rings. The molecule has 0 bridgehead atoms. The molecule has 0 radical (unpaired) electrons. The van der Waals surface area contributed by atoms with Gasteiger partial charge in [0, 0.05) is 17.8 Å². The van der Waals surface area contributed by atoms with Crippen LogP contribution in [0.4, 0.5) is 0 Å². The van der Waals surface area contributed by atoms with Crippen LogP contribution in [0.3, 0.4) is 0 Å². The molecule has 3 nitrogen and oxygen atoms in total. The summed E-state index contributed by atoms with van der Waals surface area (Å²) >= 11 is 2.07. The number of rotatable bonds is 4. The van der Waals surface area contributed by atoms with Gasteiger partial charge in [0.2, 0.25) is 0 Å². The maximum absolute atomic E-state index is 11.7. The minimum atomic E-state index is 0.0142. The van der Waals surface area contributed by atoms with Gasteiger partial charge < -0.3 is 10.1 Å². The van der Waals surface area contributed by atoms with Crippen molar-refractivity contribution in [2.24, 2.45) is 11.3 Å². The van der Waals surface area contributed by atoms with E-state index in [0.29, 0.717) is 24.1 Å². The van der Waals surface area contributed by atoms with Crippen LogP contribution in [0.5, 0.6) is 0 Å². The van der Waals surface area contributed by atoms with Gasteiger partial charge in [0.25, 0.3) is 0 Å². The molecule has 0 amide bonds. The Labute approximate surface area is 127 Å². The zero-order valence-corrected chi connectivity index (χ0v) is 13.9. The summed E-state index contributed by atoms with van der Waals surface area (Å²) in [5.41, 5.74) is 0.461. The maximum Gasteiger partial charge on any atom is 0.308 e. The van der Waals surface area contributed by atoms with Crippen LogP contribution in [0.1, 0.15) is 52.9 Å². The van der Waals surface area contributed by atoms with Gasteiger partial charge in [-0.1, -0.05) is 13.8 Å². The zero-order valence-electron chi connectivity index (χ0n) is 13.1. The second kappa shape index (κ2) is 7.17. The largest absolute Gasteiger partial charge is 0.466 e. The quantitative estimate of drug-likeness (QED) is 0.809. The summed E-state index contributed by atoms with van der Waals surface area (Å²) < 4.78 is 5.13. The second-order valence-corrected chi connectivity index (χ2v) is 8.08. The highest BCUT2D eigenvalue weighted by Crippen LogP contribution is 2.34. The average Bonchev–Trinajstić information content (AvgIpc) is 2.38. The Morgan fingerprint density at radius 3 is 2.55 bits per heavy atom. The van der Waals surface area contributed by atoms with Gasteiger partial charge in [-0.3, -0.25) is 4.79 Å². The van der Waals surface area contributed by atoms with Crippen LogP contribution in [0.25, 0.3) is 0 Å². The molecule has 0 aromatic carbocycles. The molecule has 0 aromatic rings. The molecule has 1 N–H and O–H groups in total.